The molecule has 0 N–H and O–H groups in total. The Morgan fingerprint density at radius 3 is 2.50 bits per heavy atom. The first kappa shape index (κ1) is 25.6. The number of aliphatic imine (C=N–C) groups is 1. The van der Waals surface area contributed by atoms with Gasteiger partial charge in [0.25, 0.3) is 0 Å². The fraction of sp³-hybridized carbons (Fsp3) is 0.414. The van der Waals surface area contributed by atoms with E-state index in [-0.39, 0.29) is 18.3 Å². The van der Waals surface area contributed by atoms with Gasteiger partial charge in [0.2, 0.25) is 0 Å². The highest BCUT2D eigenvalue weighted by atomic mass is 16.6. The van der Waals surface area contributed by atoms with Gasteiger partial charge in [0.1, 0.15) is 24.0 Å². The lowest BCUT2D eigenvalue weighted by molar-refractivity contribution is -0.148. The fourth-order valence-corrected chi connectivity index (χ4v) is 5.18. The Labute approximate surface area is 212 Å². The van der Waals surface area contributed by atoms with Gasteiger partial charge in [-0.2, -0.15) is 0 Å². The van der Waals surface area contributed by atoms with Crippen molar-refractivity contribution in [3.05, 3.63) is 70.9 Å². The van der Waals surface area contributed by atoms with Crippen LogP contribution in [0.5, 0.6) is 11.5 Å². The number of rotatable bonds is 9. The number of benzene rings is 2. The summed E-state index contributed by atoms with van der Waals surface area (Å²) in [6, 6.07) is 15.5. The standard InChI is InChI=1S/C29H33NO6/c1-5-35-13-14-36-29(32)26-18(2)30-23-15-20(19-9-7-6-8-10-19)16-24(31)28(23)27(26)22-17-21(33-3)11-12-25(22)34-4/h6-12,17,20,26-27H,5,13-16H2,1-4H3/t20-,26?,27+/m0/s1. The number of hydrogen-bond donors (Lipinski definition) is 0. The van der Waals surface area contributed by atoms with Gasteiger partial charge < -0.3 is 18.9 Å². The largest absolute Gasteiger partial charge is 0.497 e. The molecule has 0 bridgehead atoms. The van der Waals surface area contributed by atoms with Crippen LogP contribution in [0.2, 0.25) is 0 Å². The molecule has 4 rings (SSSR count). The molecular weight excluding hydrogens is 458 g/mol. The molecule has 1 aliphatic heterocycles. The van der Waals surface area contributed by atoms with Crippen LogP contribution in [0.4, 0.5) is 0 Å². The first-order valence-corrected chi connectivity index (χ1v) is 12.3. The Balaban J connectivity index is 1.79. The predicted octanol–water partition coefficient (Wildman–Crippen LogP) is 4.86. The van der Waals surface area contributed by atoms with Crippen molar-refractivity contribution in [3.63, 3.8) is 0 Å². The fourth-order valence-electron chi connectivity index (χ4n) is 5.18. The van der Waals surface area contributed by atoms with Crippen molar-refractivity contribution in [1.82, 2.24) is 0 Å². The molecule has 0 amide bonds. The van der Waals surface area contributed by atoms with E-state index in [9.17, 15) is 9.59 Å². The van der Waals surface area contributed by atoms with Gasteiger partial charge in [-0.1, -0.05) is 30.3 Å². The Morgan fingerprint density at radius 2 is 1.81 bits per heavy atom. The van der Waals surface area contributed by atoms with Crippen molar-refractivity contribution >= 4 is 17.5 Å². The van der Waals surface area contributed by atoms with Crippen LogP contribution < -0.4 is 9.47 Å². The zero-order chi connectivity index (χ0) is 25.7. The molecule has 0 radical (unpaired) electrons. The van der Waals surface area contributed by atoms with Gasteiger partial charge in [-0.25, -0.2) is 0 Å². The molecule has 0 saturated heterocycles. The van der Waals surface area contributed by atoms with Crippen LogP contribution in [0.25, 0.3) is 0 Å². The highest BCUT2D eigenvalue weighted by Gasteiger charge is 2.45. The lowest BCUT2D eigenvalue weighted by Crippen LogP contribution is -2.38. The minimum absolute atomic E-state index is 0.0108. The normalized spacial score (nSPS) is 21.5. The molecule has 7 nitrogen and oxygen atoms in total. The second-order valence-electron chi connectivity index (χ2n) is 8.98. The van der Waals surface area contributed by atoms with Crippen molar-refractivity contribution in [2.24, 2.45) is 10.9 Å². The van der Waals surface area contributed by atoms with Crippen LogP contribution in [0.3, 0.4) is 0 Å². The lowest BCUT2D eigenvalue weighted by Gasteiger charge is -2.37. The van der Waals surface area contributed by atoms with Gasteiger partial charge in [0.15, 0.2) is 5.78 Å². The van der Waals surface area contributed by atoms with Crippen LogP contribution in [-0.4, -0.2) is 51.5 Å². The van der Waals surface area contributed by atoms with E-state index in [2.05, 4.69) is 0 Å². The molecule has 2 aliphatic rings. The van der Waals surface area contributed by atoms with Crippen LogP contribution in [-0.2, 0) is 19.1 Å². The van der Waals surface area contributed by atoms with Gasteiger partial charge >= 0.3 is 5.97 Å². The van der Waals surface area contributed by atoms with Crippen molar-refractivity contribution in [1.29, 1.82) is 0 Å². The molecule has 1 unspecified atom stereocenters. The zero-order valence-corrected chi connectivity index (χ0v) is 21.3. The third kappa shape index (κ3) is 5.21. The number of ketones is 1. The highest BCUT2D eigenvalue weighted by molar-refractivity contribution is 6.09. The SMILES string of the molecule is CCOCCOC(=O)C1C(C)=NC2=C(C(=O)C[C@@H](c3ccccc3)C2)[C@@H]1c1cc(OC)ccc1OC. The average Bonchev–Trinajstić information content (AvgIpc) is 2.90. The Bertz CT molecular complexity index is 1170. The summed E-state index contributed by atoms with van der Waals surface area (Å²) < 4.78 is 22.1. The van der Waals surface area contributed by atoms with E-state index < -0.39 is 17.8 Å². The number of methoxy groups -OCH3 is 2. The number of ether oxygens (including phenoxy) is 4. The van der Waals surface area contributed by atoms with E-state index in [1.54, 1.807) is 26.4 Å². The summed E-state index contributed by atoms with van der Waals surface area (Å²) in [4.78, 5) is 32.0. The molecule has 0 saturated carbocycles. The van der Waals surface area contributed by atoms with Crippen LogP contribution >= 0.6 is 0 Å². The summed E-state index contributed by atoms with van der Waals surface area (Å²) in [5.74, 6) is -0.570. The quantitative estimate of drug-likeness (QED) is 0.368. The van der Waals surface area contributed by atoms with Crippen molar-refractivity contribution in [3.8, 4) is 11.5 Å². The maximum Gasteiger partial charge on any atom is 0.315 e. The first-order valence-electron chi connectivity index (χ1n) is 12.3. The van der Waals surface area contributed by atoms with E-state index in [4.69, 9.17) is 23.9 Å². The molecule has 190 valence electrons. The molecule has 3 atom stereocenters. The second kappa shape index (κ2) is 11.5. The van der Waals surface area contributed by atoms with E-state index in [0.29, 0.717) is 54.4 Å². The number of Topliss-reactive ketones (excluding diaryl/α,β-unsaturated/α-hetero) is 1. The predicted molar refractivity (Wildman–Crippen MR) is 137 cm³/mol. The minimum Gasteiger partial charge on any atom is -0.497 e. The number of carbonyl (C=O) groups is 2. The number of nitrogens with zero attached hydrogens (tertiary/aromatic N) is 1. The zero-order valence-electron chi connectivity index (χ0n) is 21.3. The number of allylic oxidation sites excluding steroid dienone is 2. The molecule has 36 heavy (non-hydrogen) atoms. The maximum absolute atomic E-state index is 13.8. The van der Waals surface area contributed by atoms with Gasteiger partial charge in [0, 0.05) is 41.5 Å². The third-order valence-electron chi connectivity index (χ3n) is 6.86. The number of esters is 1. The summed E-state index contributed by atoms with van der Waals surface area (Å²) in [6.45, 7) is 4.70. The van der Waals surface area contributed by atoms with Crippen molar-refractivity contribution in [2.75, 3.05) is 34.0 Å². The third-order valence-corrected chi connectivity index (χ3v) is 6.86. The van der Waals surface area contributed by atoms with Crippen LogP contribution in [0, 0.1) is 5.92 Å². The molecule has 0 spiro atoms. The number of hydrogen-bond acceptors (Lipinski definition) is 7. The average molecular weight is 492 g/mol. The van der Waals surface area contributed by atoms with E-state index in [1.165, 1.54) is 0 Å². The van der Waals surface area contributed by atoms with E-state index in [1.807, 2.05) is 50.2 Å². The molecular formula is C29H33NO6. The summed E-state index contributed by atoms with van der Waals surface area (Å²) in [7, 11) is 3.16. The molecule has 7 heteroatoms. The Kier molecular flexibility index (Phi) is 8.21. The Hall–Kier alpha value is -3.45. The van der Waals surface area contributed by atoms with Crippen molar-refractivity contribution < 1.29 is 28.5 Å². The molecule has 2 aromatic rings. The van der Waals surface area contributed by atoms with Crippen LogP contribution in [0.15, 0.2) is 64.8 Å². The van der Waals surface area contributed by atoms with Crippen molar-refractivity contribution in [2.45, 2.75) is 38.5 Å². The van der Waals surface area contributed by atoms with Gasteiger partial charge in [-0.3, -0.25) is 14.6 Å². The Morgan fingerprint density at radius 1 is 1.03 bits per heavy atom. The highest BCUT2D eigenvalue weighted by Crippen LogP contribution is 2.49. The summed E-state index contributed by atoms with van der Waals surface area (Å²) in [6.07, 6.45) is 0.976. The van der Waals surface area contributed by atoms with Gasteiger partial charge in [0.05, 0.1) is 20.8 Å². The van der Waals surface area contributed by atoms with Gasteiger partial charge in [-0.15, -0.1) is 0 Å². The second-order valence-corrected chi connectivity index (χ2v) is 8.98. The van der Waals surface area contributed by atoms with Crippen LogP contribution in [0.1, 0.15) is 49.7 Å². The molecule has 1 heterocycles. The summed E-state index contributed by atoms with van der Waals surface area (Å²) in [5, 5.41) is 0. The summed E-state index contributed by atoms with van der Waals surface area (Å²) >= 11 is 0. The summed E-state index contributed by atoms with van der Waals surface area (Å²) in [5.41, 5.74) is 3.72. The molecule has 0 fully saturated rings. The van der Waals surface area contributed by atoms with Gasteiger partial charge in [-0.05, 0) is 49.9 Å². The monoisotopic (exact) mass is 491 g/mol. The van der Waals surface area contributed by atoms with E-state index in [0.717, 1.165) is 11.3 Å². The maximum atomic E-state index is 13.8. The topological polar surface area (TPSA) is 83.4 Å². The molecule has 2 aromatic carbocycles. The van der Waals surface area contributed by atoms with E-state index >= 15 is 0 Å². The first-order chi connectivity index (χ1) is 17.5. The minimum atomic E-state index is -0.761. The molecule has 0 aromatic heterocycles. The molecule has 1 aliphatic carbocycles. The lowest BCUT2D eigenvalue weighted by atomic mass is 9.69. The number of carbonyl (C=O) groups excluding carboxylic acids is 2. The smallest absolute Gasteiger partial charge is 0.315 e.